The molecule has 1 heterocycles. The zero-order chi connectivity index (χ0) is 16.7. The van der Waals surface area contributed by atoms with Crippen LogP contribution in [0.15, 0.2) is 28.8 Å². The van der Waals surface area contributed by atoms with E-state index in [1.54, 1.807) is 6.07 Å². The van der Waals surface area contributed by atoms with Gasteiger partial charge in [0.15, 0.2) is 0 Å². The molecule has 0 saturated carbocycles. The summed E-state index contributed by atoms with van der Waals surface area (Å²) in [4.78, 5) is 11.8. The Hall–Kier alpha value is -1.57. The Morgan fingerprint density at radius 2 is 2.09 bits per heavy atom. The molecule has 23 heavy (non-hydrogen) atoms. The lowest BCUT2D eigenvalue weighted by molar-refractivity contribution is 0.0596. The smallest absolute Gasteiger partial charge is 0.341 e. The van der Waals surface area contributed by atoms with Crippen molar-refractivity contribution in [1.82, 2.24) is 5.16 Å². The number of rotatable bonds is 8. The molecule has 0 aliphatic rings. The van der Waals surface area contributed by atoms with Gasteiger partial charge < -0.3 is 14.0 Å². The van der Waals surface area contributed by atoms with Crippen LogP contribution in [0.5, 0.6) is 5.75 Å². The van der Waals surface area contributed by atoms with Gasteiger partial charge in [-0.2, -0.15) is 0 Å². The summed E-state index contributed by atoms with van der Waals surface area (Å²) in [6, 6.07) is 7.46. The van der Waals surface area contributed by atoms with Crippen molar-refractivity contribution in [2.75, 3.05) is 13.7 Å². The van der Waals surface area contributed by atoms with Crippen molar-refractivity contribution >= 4 is 28.6 Å². The molecular weight excluding hydrogens is 409 g/mol. The normalized spacial score (nSPS) is 10.6. The molecule has 0 bridgehead atoms. The zero-order valence-corrected chi connectivity index (χ0v) is 15.5. The van der Waals surface area contributed by atoms with E-state index in [1.807, 2.05) is 25.1 Å². The Morgan fingerprint density at radius 1 is 1.26 bits per heavy atom. The van der Waals surface area contributed by atoms with E-state index in [4.69, 9.17) is 14.0 Å². The van der Waals surface area contributed by atoms with Gasteiger partial charge in [0.2, 0.25) is 0 Å². The van der Waals surface area contributed by atoms with E-state index in [2.05, 4.69) is 27.7 Å². The van der Waals surface area contributed by atoms with Crippen LogP contribution in [0.4, 0.5) is 0 Å². The van der Waals surface area contributed by atoms with E-state index in [0.717, 1.165) is 40.7 Å². The third kappa shape index (κ3) is 5.53. The number of carbonyl (C=O) groups is 1. The fourth-order valence-electron chi connectivity index (χ4n) is 2.19. The number of aromatic nitrogens is 1. The molecule has 1 aromatic carbocycles. The first-order chi connectivity index (χ1) is 11.1. The average Bonchev–Trinajstić information content (AvgIpc) is 2.96. The van der Waals surface area contributed by atoms with Gasteiger partial charge in [-0.15, -0.1) is 0 Å². The number of methoxy groups -OCH3 is 1. The minimum absolute atomic E-state index is 0.376. The molecule has 1 aromatic heterocycles. The first kappa shape index (κ1) is 17.8. The molecule has 0 spiro atoms. The van der Waals surface area contributed by atoms with Crippen LogP contribution in [-0.2, 0) is 11.2 Å². The van der Waals surface area contributed by atoms with E-state index in [-0.39, 0.29) is 5.97 Å². The van der Waals surface area contributed by atoms with Gasteiger partial charge in [-0.05, 0) is 67.0 Å². The SMILES string of the molecule is COC(=O)c1cc(I)ccc1OCCCCCc1cc(C)no1. The minimum atomic E-state index is -0.376. The standard InChI is InChI=1S/C17H20INO4/c1-12-10-14(23-19-12)6-4-3-5-9-22-16-8-7-13(18)11-15(16)17(20)21-2/h7-8,10-11H,3-6,9H2,1-2H3. The second-order valence-corrected chi connectivity index (χ2v) is 6.47. The summed E-state index contributed by atoms with van der Waals surface area (Å²) in [6.45, 7) is 2.49. The second kappa shape index (κ2) is 8.90. The number of nitrogens with zero attached hydrogens (tertiary/aromatic N) is 1. The predicted molar refractivity (Wildman–Crippen MR) is 94.8 cm³/mol. The number of hydrogen-bond donors (Lipinski definition) is 0. The number of hydrogen-bond acceptors (Lipinski definition) is 5. The molecule has 0 aliphatic carbocycles. The minimum Gasteiger partial charge on any atom is -0.493 e. The van der Waals surface area contributed by atoms with E-state index in [0.29, 0.717) is 17.9 Å². The summed E-state index contributed by atoms with van der Waals surface area (Å²) in [5.74, 6) is 1.12. The highest BCUT2D eigenvalue weighted by atomic mass is 127. The van der Waals surface area contributed by atoms with E-state index in [9.17, 15) is 4.79 Å². The molecule has 0 amide bonds. The van der Waals surface area contributed by atoms with Gasteiger partial charge in [-0.3, -0.25) is 0 Å². The average molecular weight is 429 g/mol. The molecule has 5 nitrogen and oxygen atoms in total. The number of ether oxygens (including phenoxy) is 2. The van der Waals surface area contributed by atoms with Gasteiger partial charge in [0.25, 0.3) is 0 Å². The van der Waals surface area contributed by atoms with Crippen molar-refractivity contribution in [2.24, 2.45) is 0 Å². The molecular formula is C17H20INO4. The maximum Gasteiger partial charge on any atom is 0.341 e. The largest absolute Gasteiger partial charge is 0.493 e. The van der Waals surface area contributed by atoms with Gasteiger partial charge in [0, 0.05) is 16.1 Å². The van der Waals surface area contributed by atoms with Crippen LogP contribution in [0.1, 0.15) is 41.1 Å². The summed E-state index contributed by atoms with van der Waals surface area (Å²) in [5, 5.41) is 3.87. The molecule has 0 N–H and O–H groups in total. The fraction of sp³-hybridized carbons (Fsp3) is 0.412. The summed E-state index contributed by atoms with van der Waals surface area (Å²) >= 11 is 2.16. The third-order valence-corrected chi connectivity index (χ3v) is 4.02. The summed E-state index contributed by atoms with van der Waals surface area (Å²) in [5.41, 5.74) is 1.38. The zero-order valence-electron chi connectivity index (χ0n) is 13.3. The number of benzene rings is 1. The molecule has 124 valence electrons. The first-order valence-electron chi connectivity index (χ1n) is 7.53. The molecule has 0 fully saturated rings. The lowest BCUT2D eigenvalue weighted by atomic mass is 10.1. The van der Waals surface area contributed by atoms with Gasteiger partial charge >= 0.3 is 5.97 Å². The maximum absolute atomic E-state index is 11.8. The number of halogens is 1. The molecule has 0 atom stereocenters. The first-order valence-corrected chi connectivity index (χ1v) is 8.61. The molecule has 6 heteroatoms. The highest BCUT2D eigenvalue weighted by Crippen LogP contribution is 2.22. The predicted octanol–water partition coefficient (Wildman–Crippen LogP) is 4.17. The Kier molecular flexibility index (Phi) is 6.88. The quantitative estimate of drug-likeness (QED) is 0.358. The van der Waals surface area contributed by atoms with Crippen molar-refractivity contribution in [3.8, 4) is 5.75 Å². The van der Waals surface area contributed by atoms with Crippen LogP contribution in [-0.4, -0.2) is 24.8 Å². The number of carbonyl (C=O) groups excluding carboxylic acids is 1. The molecule has 2 aromatic rings. The van der Waals surface area contributed by atoms with Crippen molar-refractivity contribution in [3.63, 3.8) is 0 Å². The monoisotopic (exact) mass is 429 g/mol. The summed E-state index contributed by atoms with van der Waals surface area (Å²) in [7, 11) is 1.37. The van der Waals surface area contributed by atoms with Crippen LogP contribution in [0.2, 0.25) is 0 Å². The van der Waals surface area contributed by atoms with E-state index >= 15 is 0 Å². The number of esters is 1. The van der Waals surface area contributed by atoms with Crippen molar-refractivity contribution in [1.29, 1.82) is 0 Å². The maximum atomic E-state index is 11.8. The van der Waals surface area contributed by atoms with Crippen LogP contribution < -0.4 is 4.74 Å². The Labute approximate surface area is 149 Å². The van der Waals surface area contributed by atoms with Crippen LogP contribution in [0, 0.1) is 10.5 Å². The van der Waals surface area contributed by atoms with E-state index in [1.165, 1.54) is 7.11 Å². The topological polar surface area (TPSA) is 61.6 Å². The van der Waals surface area contributed by atoms with Crippen molar-refractivity contribution in [3.05, 3.63) is 44.9 Å². The lowest BCUT2D eigenvalue weighted by Gasteiger charge is -2.10. The van der Waals surface area contributed by atoms with E-state index < -0.39 is 0 Å². The number of unbranched alkanes of at least 4 members (excludes halogenated alkanes) is 2. The lowest BCUT2D eigenvalue weighted by Crippen LogP contribution is -2.07. The van der Waals surface area contributed by atoms with Gasteiger partial charge in [-0.1, -0.05) is 5.16 Å². The fourth-order valence-corrected chi connectivity index (χ4v) is 2.68. The third-order valence-electron chi connectivity index (χ3n) is 3.35. The van der Waals surface area contributed by atoms with Crippen LogP contribution >= 0.6 is 22.6 Å². The van der Waals surface area contributed by atoms with Crippen LogP contribution in [0.25, 0.3) is 0 Å². The highest BCUT2D eigenvalue weighted by molar-refractivity contribution is 14.1. The molecule has 0 saturated heterocycles. The Balaban J connectivity index is 1.74. The molecule has 0 aliphatic heterocycles. The molecule has 2 rings (SSSR count). The second-order valence-electron chi connectivity index (χ2n) is 5.23. The van der Waals surface area contributed by atoms with Gasteiger partial charge in [-0.25, -0.2) is 4.79 Å². The summed E-state index contributed by atoms with van der Waals surface area (Å²) in [6.07, 6.45) is 3.85. The molecule has 0 radical (unpaired) electrons. The highest BCUT2D eigenvalue weighted by Gasteiger charge is 2.13. The number of aryl methyl sites for hydroxylation is 2. The van der Waals surface area contributed by atoms with Crippen molar-refractivity contribution in [2.45, 2.75) is 32.6 Å². The van der Waals surface area contributed by atoms with Gasteiger partial charge in [0.05, 0.1) is 19.4 Å². The summed E-state index contributed by atoms with van der Waals surface area (Å²) < 4.78 is 16.7. The van der Waals surface area contributed by atoms with Crippen LogP contribution in [0.3, 0.4) is 0 Å². The van der Waals surface area contributed by atoms with Gasteiger partial charge in [0.1, 0.15) is 17.1 Å². The molecule has 0 unspecified atom stereocenters. The Bertz CT molecular complexity index is 654. The van der Waals surface area contributed by atoms with Crippen molar-refractivity contribution < 1.29 is 18.8 Å². The Morgan fingerprint density at radius 3 is 2.78 bits per heavy atom.